The number of carboxylic acids is 1. The van der Waals surface area contributed by atoms with Crippen LogP contribution >= 0.6 is 0 Å². The van der Waals surface area contributed by atoms with Gasteiger partial charge >= 0.3 is 5.97 Å². The molecule has 0 saturated carbocycles. The largest absolute Gasteiger partial charge is 0.478 e. The number of benzene rings is 1. The van der Waals surface area contributed by atoms with Crippen molar-refractivity contribution in [2.75, 3.05) is 11.9 Å². The first-order valence-corrected chi connectivity index (χ1v) is 5.63. The van der Waals surface area contributed by atoms with Crippen molar-refractivity contribution in [2.24, 2.45) is 0 Å². The molecule has 0 aliphatic heterocycles. The van der Waals surface area contributed by atoms with Crippen LogP contribution in [0.2, 0.25) is 0 Å². The van der Waals surface area contributed by atoms with E-state index in [1.807, 2.05) is 0 Å². The van der Waals surface area contributed by atoms with Crippen molar-refractivity contribution in [1.29, 1.82) is 0 Å². The van der Waals surface area contributed by atoms with E-state index in [4.69, 9.17) is 9.63 Å². The van der Waals surface area contributed by atoms with Crippen LogP contribution < -0.4 is 5.32 Å². The topological polar surface area (TPSA) is 88.2 Å². The number of carboxylic acid groups (broad SMARTS) is 1. The lowest BCUT2D eigenvalue weighted by Crippen LogP contribution is -2.11. The molecule has 2 rings (SSSR count). The third-order valence-corrected chi connectivity index (χ3v) is 2.46. The number of aromatic carboxylic acids is 1. The van der Waals surface area contributed by atoms with Crippen LogP contribution in [-0.4, -0.2) is 27.8 Å². The third kappa shape index (κ3) is 3.06. The minimum Gasteiger partial charge on any atom is -0.478 e. The predicted octanol–water partition coefficient (Wildman–Crippen LogP) is 1.87. The number of nitrogens with zero attached hydrogens (tertiary/aromatic N) is 2. The Morgan fingerprint density at radius 3 is 2.95 bits per heavy atom. The molecule has 0 aliphatic carbocycles. The summed E-state index contributed by atoms with van der Waals surface area (Å²) in [6, 6.07) is 3.89. The molecule has 0 amide bonds. The average Bonchev–Trinajstić information content (AvgIpc) is 2.77. The molecule has 1 aromatic heterocycles. The second-order valence-corrected chi connectivity index (χ2v) is 3.87. The number of aromatic nitrogens is 2. The van der Waals surface area contributed by atoms with Crippen LogP contribution in [0.3, 0.4) is 0 Å². The number of hydrogen-bond acceptors (Lipinski definition) is 5. The summed E-state index contributed by atoms with van der Waals surface area (Å²) in [5.41, 5.74) is -0.139. The second kappa shape index (κ2) is 5.47. The van der Waals surface area contributed by atoms with E-state index in [0.29, 0.717) is 24.7 Å². The van der Waals surface area contributed by atoms with Gasteiger partial charge in [0, 0.05) is 19.9 Å². The lowest BCUT2D eigenvalue weighted by molar-refractivity contribution is 0.0697. The lowest BCUT2D eigenvalue weighted by atomic mass is 10.1. The van der Waals surface area contributed by atoms with E-state index < -0.39 is 11.8 Å². The van der Waals surface area contributed by atoms with Crippen LogP contribution in [0.15, 0.2) is 22.7 Å². The summed E-state index contributed by atoms with van der Waals surface area (Å²) in [7, 11) is 0. The molecule has 1 heterocycles. The third-order valence-electron chi connectivity index (χ3n) is 2.46. The summed E-state index contributed by atoms with van der Waals surface area (Å²) in [5, 5.41) is 15.4. The van der Waals surface area contributed by atoms with E-state index in [-0.39, 0.29) is 11.3 Å². The Kier molecular flexibility index (Phi) is 3.74. The van der Waals surface area contributed by atoms with Crippen LogP contribution in [0.4, 0.5) is 10.1 Å². The fourth-order valence-electron chi connectivity index (χ4n) is 1.62. The van der Waals surface area contributed by atoms with Gasteiger partial charge in [-0.2, -0.15) is 4.98 Å². The average molecular weight is 265 g/mol. The van der Waals surface area contributed by atoms with Gasteiger partial charge in [0.05, 0.1) is 11.3 Å². The zero-order chi connectivity index (χ0) is 13.8. The number of carbonyl (C=O) groups is 1. The Morgan fingerprint density at radius 1 is 1.53 bits per heavy atom. The monoisotopic (exact) mass is 265 g/mol. The molecule has 0 aliphatic rings. The summed E-state index contributed by atoms with van der Waals surface area (Å²) >= 11 is 0. The molecule has 7 heteroatoms. The number of para-hydroxylation sites is 1. The van der Waals surface area contributed by atoms with Crippen molar-refractivity contribution in [3.05, 3.63) is 41.3 Å². The van der Waals surface area contributed by atoms with E-state index >= 15 is 0 Å². The molecular formula is C12H12FN3O3. The van der Waals surface area contributed by atoms with Gasteiger partial charge in [0.1, 0.15) is 5.82 Å². The van der Waals surface area contributed by atoms with E-state index in [9.17, 15) is 9.18 Å². The lowest BCUT2D eigenvalue weighted by Gasteiger charge is -2.09. The molecule has 1 aromatic carbocycles. The molecule has 100 valence electrons. The quantitative estimate of drug-likeness (QED) is 0.858. The molecule has 19 heavy (non-hydrogen) atoms. The first-order chi connectivity index (χ1) is 9.08. The summed E-state index contributed by atoms with van der Waals surface area (Å²) in [6.07, 6.45) is 0.407. The van der Waals surface area contributed by atoms with Crippen molar-refractivity contribution in [1.82, 2.24) is 10.1 Å². The molecule has 0 spiro atoms. The normalized spacial score (nSPS) is 10.4. The van der Waals surface area contributed by atoms with Crippen LogP contribution in [0, 0.1) is 12.7 Å². The van der Waals surface area contributed by atoms with Crippen molar-refractivity contribution >= 4 is 11.7 Å². The Labute approximate surface area is 108 Å². The SMILES string of the molecule is Cc1nc(CCNc2c(F)cccc2C(=O)O)no1. The Bertz CT molecular complexity index is 598. The van der Waals surface area contributed by atoms with Crippen molar-refractivity contribution < 1.29 is 18.8 Å². The number of anilines is 1. The zero-order valence-corrected chi connectivity index (χ0v) is 10.2. The molecule has 6 nitrogen and oxygen atoms in total. The van der Waals surface area contributed by atoms with Gasteiger partial charge in [-0.1, -0.05) is 11.2 Å². The highest BCUT2D eigenvalue weighted by atomic mass is 19.1. The number of rotatable bonds is 5. The van der Waals surface area contributed by atoms with Crippen LogP contribution in [-0.2, 0) is 6.42 Å². The summed E-state index contributed by atoms with van der Waals surface area (Å²) in [4.78, 5) is 15.0. The van der Waals surface area contributed by atoms with Crippen molar-refractivity contribution in [2.45, 2.75) is 13.3 Å². The molecule has 0 fully saturated rings. The van der Waals surface area contributed by atoms with Gasteiger partial charge in [-0.15, -0.1) is 0 Å². The van der Waals surface area contributed by atoms with E-state index in [1.165, 1.54) is 18.2 Å². The fourth-order valence-corrected chi connectivity index (χ4v) is 1.62. The highest BCUT2D eigenvalue weighted by molar-refractivity contribution is 5.94. The van der Waals surface area contributed by atoms with Crippen molar-refractivity contribution in [3.63, 3.8) is 0 Å². The molecule has 0 bridgehead atoms. The highest BCUT2D eigenvalue weighted by Crippen LogP contribution is 2.19. The Morgan fingerprint density at radius 2 is 2.32 bits per heavy atom. The van der Waals surface area contributed by atoms with E-state index in [0.717, 1.165) is 0 Å². The maximum atomic E-state index is 13.6. The minimum atomic E-state index is -1.18. The molecule has 0 unspecified atom stereocenters. The Hall–Kier alpha value is -2.44. The van der Waals surface area contributed by atoms with Gasteiger partial charge in [0.2, 0.25) is 5.89 Å². The maximum absolute atomic E-state index is 13.6. The number of hydrogen-bond donors (Lipinski definition) is 2. The molecule has 0 saturated heterocycles. The second-order valence-electron chi connectivity index (χ2n) is 3.87. The van der Waals surface area contributed by atoms with Gasteiger partial charge in [-0.3, -0.25) is 0 Å². The fraction of sp³-hybridized carbons (Fsp3) is 0.250. The van der Waals surface area contributed by atoms with Crippen molar-refractivity contribution in [3.8, 4) is 0 Å². The molecule has 0 radical (unpaired) electrons. The summed E-state index contributed by atoms with van der Waals surface area (Å²) < 4.78 is 18.4. The van der Waals surface area contributed by atoms with E-state index in [2.05, 4.69) is 15.5 Å². The van der Waals surface area contributed by atoms with Gasteiger partial charge in [-0.25, -0.2) is 9.18 Å². The van der Waals surface area contributed by atoms with Crippen LogP contribution in [0.1, 0.15) is 22.1 Å². The summed E-state index contributed by atoms with van der Waals surface area (Å²) in [5.74, 6) is -0.855. The minimum absolute atomic E-state index is 0.0322. The number of halogens is 1. The van der Waals surface area contributed by atoms with Gasteiger partial charge < -0.3 is 14.9 Å². The van der Waals surface area contributed by atoms with Crippen LogP contribution in [0.5, 0.6) is 0 Å². The first kappa shape index (κ1) is 13.0. The Balaban J connectivity index is 2.05. The zero-order valence-electron chi connectivity index (χ0n) is 10.2. The maximum Gasteiger partial charge on any atom is 0.337 e. The predicted molar refractivity (Wildman–Crippen MR) is 64.6 cm³/mol. The van der Waals surface area contributed by atoms with Gasteiger partial charge in [-0.05, 0) is 12.1 Å². The standard InChI is InChI=1S/C12H12FN3O3/c1-7-15-10(16-19-7)5-6-14-11-8(12(17)18)3-2-4-9(11)13/h2-4,14H,5-6H2,1H3,(H,17,18). The number of nitrogens with one attached hydrogen (secondary N) is 1. The molecule has 2 aromatic rings. The van der Waals surface area contributed by atoms with Crippen LogP contribution in [0.25, 0.3) is 0 Å². The first-order valence-electron chi connectivity index (χ1n) is 5.63. The van der Waals surface area contributed by atoms with Gasteiger partial charge in [0.25, 0.3) is 0 Å². The van der Waals surface area contributed by atoms with E-state index in [1.54, 1.807) is 6.92 Å². The molecule has 0 atom stereocenters. The molecular weight excluding hydrogens is 253 g/mol. The smallest absolute Gasteiger partial charge is 0.337 e. The molecule has 2 N–H and O–H groups in total. The van der Waals surface area contributed by atoms with Gasteiger partial charge in [0.15, 0.2) is 5.82 Å². The highest BCUT2D eigenvalue weighted by Gasteiger charge is 2.13. The number of aryl methyl sites for hydroxylation is 1. The summed E-state index contributed by atoms with van der Waals surface area (Å²) in [6.45, 7) is 1.98.